The van der Waals surface area contributed by atoms with Gasteiger partial charge in [-0.1, -0.05) is 24.3 Å². The van der Waals surface area contributed by atoms with Crippen molar-refractivity contribution < 1.29 is 14.3 Å². The molecular weight excluding hydrogens is 306 g/mol. The predicted molar refractivity (Wildman–Crippen MR) is 89.5 cm³/mol. The van der Waals surface area contributed by atoms with Crippen molar-refractivity contribution in [3.05, 3.63) is 66.1 Å². The number of aromatic nitrogens is 2. The summed E-state index contributed by atoms with van der Waals surface area (Å²) >= 11 is 0. The number of esters is 1. The van der Waals surface area contributed by atoms with Gasteiger partial charge in [-0.2, -0.15) is 0 Å². The van der Waals surface area contributed by atoms with Crippen LogP contribution in [0.5, 0.6) is 0 Å². The van der Waals surface area contributed by atoms with Crippen LogP contribution in [-0.2, 0) is 16.0 Å². The van der Waals surface area contributed by atoms with Gasteiger partial charge in [0.25, 0.3) is 5.91 Å². The highest BCUT2D eigenvalue weighted by Crippen LogP contribution is 2.17. The number of ether oxygens (including phenoxy) is 1. The van der Waals surface area contributed by atoms with Crippen molar-refractivity contribution in [1.29, 1.82) is 0 Å². The highest BCUT2D eigenvalue weighted by Gasteiger charge is 2.10. The highest BCUT2D eigenvalue weighted by atomic mass is 16.5. The standard InChI is InChI=1S/C18H17N3O3/c22-17(12-24-18(23)16-7-3-4-9-19-16)20-10-8-13-11-21-15-6-2-1-5-14(13)15/h1-7,9,11,21H,8,10,12H2,(H,20,22). The maximum atomic E-state index is 11.8. The normalized spacial score (nSPS) is 10.5. The molecule has 1 aromatic carbocycles. The molecule has 0 bridgehead atoms. The molecule has 122 valence electrons. The van der Waals surface area contributed by atoms with Gasteiger partial charge in [0.15, 0.2) is 6.61 Å². The van der Waals surface area contributed by atoms with Crippen LogP contribution in [0.25, 0.3) is 10.9 Å². The zero-order valence-electron chi connectivity index (χ0n) is 13.0. The second-order valence-electron chi connectivity index (χ2n) is 5.25. The zero-order chi connectivity index (χ0) is 16.8. The lowest BCUT2D eigenvalue weighted by atomic mass is 10.1. The van der Waals surface area contributed by atoms with Crippen LogP contribution in [0, 0.1) is 0 Å². The molecule has 6 heteroatoms. The van der Waals surface area contributed by atoms with E-state index in [0.717, 1.165) is 16.5 Å². The molecule has 2 heterocycles. The molecule has 0 saturated heterocycles. The lowest BCUT2D eigenvalue weighted by Gasteiger charge is -2.06. The van der Waals surface area contributed by atoms with Gasteiger partial charge in [0.1, 0.15) is 5.69 Å². The zero-order valence-corrected chi connectivity index (χ0v) is 13.0. The van der Waals surface area contributed by atoms with E-state index in [0.29, 0.717) is 13.0 Å². The molecule has 24 heavy (non-hydrogen) atoms. The van der Waals surface area contributed by atoms with Gasteiger partial charge in [-0.3, -0.25) is 4.79 Å². The van der Waals surface area contributed by atoms with E-state index in [-0.39, 0.29) is 18.2 Å². The third kappa shape index (κ3) is 3.78. The molecule has 0 spiro atoms. The minimum absolute atomic E-state index is 0.184. The Labute approximate surface area is 138 Å². The second kappa shape index (κ2) is 7.41. The maximum Gasteiger partial charge on any atom is 0.357 e. The van der Waals surface area contributed by atoms with Gasteiger partial charge < -0.3 is 15.0 Å². The Hall–Kier alpha value is -3.15. The van der Waals surface area contributed by atoms with Crippen LogP contribution >= 0.6 is 0 Å². The van der Waals surface area contributed by atoms with E-state index in [9.17, 15) is 9.59 Å². The van der Waals surface area contributed by atoms with Crippen molar-refractivity contribution in [3.8, 4) is 0 Å². The number of fused-ring (bicyclic) bond motifs is 1. The lowest BCUT2D eigenvalue weighted by molar-refractivity contribution is -0.124. The van der Waals surface area contributed by atoms with Crippen molar-refractivity contribution in [2.75, 3.05) is 13.2 Å². The van der Waals surface area contributed by atoms with Crippen molar-refractivity contribution >= 4 is 22.8 Å². The lowest BCUT2D eigenvalue weighted by Crippen LogP contribution is -2.30. The van der Waals surface area contributed by atoms with E-state index in [2.05, 4.69) is 15.3 Å². The van der Waals surface area contributed by atoms with Crippen LogP contribution in [0.1, 0.15) is 16.1 Å². The molecular formula is C18H17N3O3. The van der Waals surface area contributed by atoms with E-state index < -0.39 is 5.97 Å². The van der Waals surface area contributed by atoms with Gasteiger partial charge in [-0.05, 0) is 30.2 Å². The average Bonchev–Trinajstić information content (AvgIpc) is 3.04. The Morgan fingerprint density at radius 3 is 2.79 bits per heavy atom. The summed E-state index contributed by atoms with van der Waals surface area (Å²) in [6, 6.07) is 12.9. The molecule has 2 aromatic heterocycles. The number of rotatable bonds is 6. The first-order valence-electron chi connectivity index (χ1n) is 7.64. The van der Waals surface area contributed by atoms with Crippen molar-refractivity contribution in [3.63, 3.8) is 0 Å². The molecule has 3 aromatic rings. The van der Waals surface area contributed by atoms with Crippen molar-refractivity contribution in [2.45, 2.75) is 6.42 Å². The van der Waals surface area contributed by atoms with E-state index >= 15 is 0 Å². The molecule has 2 N–H and O–H groups in total. The predicted octanol–water partition coefficient (Wildman–Crippen LogP) is 2.08. The number of hydrogen-bond donors (Lipinski definition) is 2. The van der Waals surface area contributed by atoms with Gasteiger partial charge in [0, 0.05) is 29.8 Å². The number of carbonyl (C=O) groups is 2. The first-order valence-corrected chi connectivity index (χ1v) is 7.64. The number of aromatic amines is 1. The maximum absolute atomic E-state index is 11.8. The summed E-state index contributed by atoms with van der Waals surface area (Å²) in [5.41, 5.74) is 2.39. The average molecular weight is 323 g/mol. The fourth-order valence-electron chi connectivity index (χ4n) is 2.41. The topological polar surface area (TPSA) is 84.1 Å². The molecule has 0 aliphatic carbocycles. The summed E-state index contributed by atoms with van der Waals surface area (Å²) in [4.78, 5) is 30.5. The van der Waals surface area contributed by atoms with Crippen LogP contribution < -0.4 is 5.32 Å². The highest BCUT2D eigenvalue weighted by molar-refractivity contribution is 5.89. The number of para-hydroxylation sites is 1. The third-order valence-corrected chi connectivity index (χ3v) is 3.60. The van der Waals surface area contributed by atoms with E-state index in [1.165, 1.54) is 12.3 Å². The SMILES string of the molecule is O=C(COC(=O)c1ccccn1)NCCc1c[nH]c2ccccc12. The molecule has 1 amide bonds. The van der Waals surface area contributed by atoms with Crippen LogP contribution in [0.4, 0.5) is 0 Å². The number of carbonyl (C=O) groups excluding carboxylic acids is 2. The molecule has 3 rings (SSSR count). The van der Waals surface area contributed by atoms with E-state index in [1.807, 2.05) is 30.5 Å². The van der Waals surface area contributed by atoms with Gasteiger partial charge in [-0.15, -0.1) is 0 Å². The van der Waals surface area contributed by atoms with Crippen LogP contribution in [0.2, 0.25) is 0 Å². The van der Waals surface area contributed by atoms with Gasteiger partial charge in [-0.25, -0.2) is 9.78 Å². The molecule has 0 atom stereocenters. The largest absolute Gasteiger partial charge is 0.451 e. The Kier molecular flexibility index (Phi) is 4.86. The third-order valence-electron chi connectivity index (χ3n) is 3.60. The summed E-state index contributed by atoms with van der Waals surface area (Å²) in [6.45, 7) is 0.158. The Balaban J connectivity index is 1.44. The Morgan fingerprint density at radius 1 is 1.12 bits per heavy atom. The van der Waals surface area contributed by atoms with Crippen LogP contribution in [-0.4, -0.2) is 35.0 Å². The fourth-order valence-corrected chi connectivity index (χ4v) is 2.41. The van der Waals surface area contributed by atoms with Crippen LogP contribution in [0.3, 0.4) is 0 Å². The van der Waals surface area contributed by atoms with Gasteiger partial charge in [0.2, 0.25) is 0 Å². The summed E-state index contributed by atoms with van der Waals surface area (Å²) < 4.78 is 4.93. The van der Waals surface area contributed by atoms with Crippen molar-refractivity contribution in [1.82, 2.24) is 15.3 Å². The number of hydrogen-bond acceptors (Lipinski definition) is 4. The number of benzene rings is 1. The number of nitrogens with one attached hydrogen (secondary N) is 2. The Morgan fingerprint density at radius 2 is 1.96 bits per heavy atom. The molecule has 0 aliphatic rings. The number of nitrogens with zero attached hydrogens (tertiary/aromatic N) is 1. The Bertz CT molecular complexity index is 843. The van der Waals surface area contributed by atoms with Gasteiger partial charge in [0.05, 0.1) is 0 Å². The minimum atomic E-state index is -0.609. The number of amides is 1. The summed E-state index contributed by atoms with van der Waals surface area (Å²) in [5, 5.41) is 3.89. The second-order valence-corrected chi connectivity index (χ2v) is 5.25. The first-order chi connectivity index (χ1) is 11.7. The quantitative estimate of drug-likeness (QED) is 0.680. The molecule has 0 fully saturated rings. The molecule has 0 aliphatic heterocycles. The summed E-state index contributed by atoms with van der Waals surface area (Å²) in [7, 11) is 0. The van der Waals surface area contributed by atoms with Crippen LogP contribution in [0.15, 0.2) is 54.9 Å². The fraction of sp³-hybridized carbons (Fsp3) is 0.167. The number of H-pyrrole nitrogens is 1. The minimum Gasteiger partial charge on any atom is -0.451 e. The van der Waals surface area contributed by atoms with E-state index in [4.69, 9.17) is 4.74 Å². The van der Waals surface area contributed by atoms with E-state index in [1.54, 1.807) is 12.1 Å². The number of pyridine rings is 1. The first kappa shape index (κ1) is 15.7. The molecule has 0 radical (unpaired) electrons. The summed E-state index contributed by atoms with van der Waals surface area (Å²) in [5.74, 6) is -0.943. The summed E-state index contributed by atoms with van der Waals surface area (Å²) in [6.07, 6.45) is 4.14. The molecule has 0 unspecified atom stereocenters. The monoisotopic (exact) mass is 323 g/mol. The molecule has 0 saturated carbocycles. The smallest absolute Gasteiger partial charge is 0.357 e. The van der Waals surface area contributed by atoms with Gasteiger partial charge >= 0.3 is 5.97 Å². The van der Waals surface area contributed by atoms with Crippen molar-refractivity contribution in [2.24, 2.45) is 0 Å². The molecule has 6 nitrogen and oxygen atoms in total.